The molecule has 3 heterocycles. The Labute approximate surface area is 152 Å². The van der Waals surface area contributed by atoms with E-state index < -0.39 is 0 Å². The smallest absolute Gasteiger partial charge is 0.147 e. The predicted molar refractivity (Wildman–Crippen MR) is 105 cm³/mol. The summed E-state index contributed by atoms with van der Waals surface area (Å²) in [6.45, 7) is 4.58. The first-order valence-corrected chi connectivity index (χ1v) is 9.87. The number of likely N-dealkylation sites (tertiary alicyclic amines) is 1. The van der Waals surface area contributed by atoms with Crippen molar-refractivity contribution in [1.82, 2.24) is 9.88 Å². The molecule has 1 saturated heterocycles. The van der Waals surface area contributed by atoms with Crippen molar-refractivity contribution in [2.75, 3.05) is 31.1 Å². The third kappa shape index (κ3) is 2.79. The lowest BCUT2D eigenvalue weighted by Gasteiger charge is -2.33. The molecule has 0 radical (unpaired) electrons. The summed E-state index contributed by atoms with van der Waals surface area (Å²) in [4.78, 5) is 12.6. The Kier molecular flexibility index (Phi) is 3.87. The summed E-state index contributed by atoms with van der Waals surface area (Å²) < 4.78 is 0. The number of benzene rings is 2. The van der Waals surface area contributed by atoms with Gasteiger partial charge in [0.15, 0.2) is 0 Å². The number of rotatable bonds is 3. The zero-order valence-electron chi connectivity index (χ0n) is 14.2. The molecule has 0 spiro atoms. The Bertz CT molecular complexity index is 918. The van der Waals surface area contributed by atoms with Gasteiger partial charge in [0.2, 0.25) is 0 Å². The number of pyridine rings is 1. The first-order chi connectivity index (χ1) is 12.4. The van der Waals surface area contributed by atoms with Gasteiger partial charge in [-0.05, 0) is 50.2 Å². The first kappa shape index (κ1) is 15.2. The van der Waals surface area contributed by atoms with Crippen LogP contribution in [0.4, 0.5) is 11.5 Å². The van der Waals surface area contributed by atoms with Gasteiger partial charge >= 0.3 is 0 Å². The second-order valence-corrected chi connectivity index (χ2v) is 7.86. The molecule has 0 bridgehead atoms. The van der Waals surface area contributed by atoms with Crippen molar-refractivity contribution in [2.24, 2.45) is 0 Å². The lowest BCUT2D eigenvalue weighted by molar-refractivity contribution is 0.347. The Morgan fingerprint density at radius 3 is 2.60 bits per heavy atom. The normalized spacial score (nSPS) is 16.9. The fourth-order valence-corrected chi connectivity index (χ4v) is 4.93. The van der Waals surface area contributed by atoms with E-state index in [4.69, 9.17) is 4.98 Å². The van der Waals surface area contributed by atoms with Gasteiger partial charge in [-0.3, -0.25) is 0 Å². The lowest BCUT2D eigenvalue weighted by Crippen LogP contribution is -2.32. The standard InChI is InChI=1S/C21H21N3S/c1-2-8-17-16(7-1)15-20-21(22-17)24(14-13-23-11-5-6-12-23)18-9-3-4-10-19(18)25-20/h1-4,7-10,15H,5-6,11-14H2. The fourth-order valence-electron chi connectivity index (χ4n) is 3.83. The van der Waals surface area contributed by atoms with Crippen LogP contribution < -0.4 is 4.90 Å². The molecule has 2 aliphatic rings. The molecule has 25 heavy (non-hydrogen) atoms. The number of hydrogen-bond donors (Lipinski definition) is 0. The van der Waals surface area contributed by atoms with E-state index >= 15 is 0 Å². The predicted octanol–water partition coefficient (Wildman–Crippen LogP) is 4.93. The summed E-state index contributed by atoms with van der Waals surface area (Å²) in [6, 6.07) is 19.4. The van der Waals surface area contributed by atoms with E-state index in [1.54, 1.807) is 0 Å². The molecule has 5 rings (SSSR count). The van der Waals surface area contributed by atoms with Gasteiger partial charge in [-0.1, -0.05) is 42.1 Å². The summed E-state index contributed by atoms with van der Waals surface area (Å²) in [5.74, 6) is 1.11. The maximum atomic E-state index is 5.03. The summed E-state index contributed by atoms with van der Waals surface area (Å²) in [7, 11) is 0. The molecule has 3 nitrogen and oxygen atoms in total. The van der Waals surface area contributed by atoms with Crippen LogP contribution in [0.3, 0.4) is 0 Å². The number of aromatic nitrogens is 1. The van der Waals surface area contributed by atoms with Gasteiger partial charge in [0.1, 0.15) is 5.82 Å². The minimum Gasteiger partial charge on any atom is -0.323 e. The van der Waals surface area contributed by atoms with Crippen LogP contribution in [0.1, 0.15) is 12.8 Å². The highest BCUT2D eigenvalue weighted by molar-refractivity contribution is 7.99. The molecule has 0 amide bonds. The zero-order valence-corrected chi connectivity index (χ0v) is 15.0. The average molecular weight is 347 g/mol. The van der Waals surface area contributed by atoms with Gasteiger partial charge in [-0.15, -0.1) is 0 Å². The number of fused-ring (bicyclic) bond motifs is 3. The van der Waals surface area contributed by atoms with E-state index in [-0.39, 0.29) is 0 Å². The number of nitrogens with zero attached hydrogens (tertiary/aromatic N) is 3. The van der Waals surface area contributed by atoms with E-state index in [1.807, 2.05) is 11.8 Å². The molecule has 0 aliphatic carbocycles. The minimum atomic E-state index is 0.996. The third-order valence-corrected chi connectivity index (χ3v) is 6.23. The highest BCUT2D eigenvalue weighted by Crippen LogP contribution is 2.47. The average Bonchev–Trinajstić information content (AvgIpc) is 3.17. The molecule has 0 atom stereocenters. The van der Waals surface area contributed by atoms with Gasteiger partial charge in [0.05, 0.1) is 16.1 Å². The van der Waals surface area contributed by atoms with E-state index in [2.05, 4.69) is 64.4 Å². The van der Waals surface area contributed by atoms with Crippen LogP contribution in [0.25, 0.3) is 10.9 Å². The van der Waals surface area contributed by atoms with Gasteiger partial charge in [-0.25, -0.2) is 4.98 Å². The van der Waals surface area contributed by atoms with Crippen LogP contribution in [0.5, 0.6) is 0 Å². The second kappa shape index (κ2) is 6.36. The Hall–Kier alpha value is -2.04. The highest BCUT2D eigenvalue weighted by Gasteiger charge is 2.25. The van der Waals surface area contributed by atoms with Crippen molar-refractivity contribution in [1.29, 1.82) is 0 Å². The van der Waals surface area contributed by atoms with Crippen molar-refractivity contribution in [3.05, 3.63) is 54.6 Å². The largest absolute Gasteiger partial charge is 0.323 e. The van der Waals surface area contributed by atoms with Crippen LogP contribution in [-0.2, 0) is 0 Å². The van der Waals surface area contributed by atoms with E-state index in [1.165, 1.54) is 46.8 Å². The van der Waals surface area contributed by atoms with Crippen LogP contribution in [0, 0.1) is 0 Å². The summed E-state index contributed by atoms with van der Waals surface area (Å²) >= 11 is 1.84. The minimum absolute atomic E-state index is 0.996. The zero-order chi connectivity index (χ0) is 16.6. The number of para-hydroxylation sites is 2. The summed E-state index contributed by atoms with van der Waals surface area (Å²) in [6.07, 6.45) is 2.68. The number of hydrogen-bond acceptors (Lipinski definition) is 4. The Morgan fingerprint density at radius 2 is 1.68 bits per heavy atom. The van der Waals surface area contributed by atoms with Crippen molar-refractivity contribution < 1.29 is 0 Å². The molecule has 1 aromatic heterocycles. The summed E-state index contributed by atoms with van der Waals surface area (Å²) in [5.41, 5.74) is 2.37. The van der Waals surface area contributed by atoms with E-state index in [0.29, 0.717) is 0 Å². The number of anilines is 2. The van der Waals surface area contributed by atoms with Gasteiger partial charge in [-0.2, -0.15) is 0 Å². The maximum absolute atomic E-state index is 5.03. The van der Waals surface area contributed by atoms with Crippen LogP contribution in [0.2, 0.25) is 0 Å². The van der Waals surface area contributed by atoms with E-state index in [9.17, 15) is 0 Å². The SMILES string of the molecule is c1ccc2c(c1)Sc1cc3ccccc3nc1N2CCN1CCCC1. The molecule has 0 saturated carbocycles. The summed E-state index contributed by atoms with van der Waals surface area (Å²) in [5, 5.41) is 1.22. The highest BCUT2D eigenvalue weighted by atomic mass is 32.2. The second-order valence-electron chi connectivity index (χ2n) is 6.77. The molecule has 3 aromatic rings. The van der Waals surface area contributed by atoms with E-state index in [0.717, 1.165) is 24.4 Å². The van der Waals surface area contributed by atoms with Gasteiger partial charge in [0, 0.05) is 23.4 Å². The molecule has 0 unspecified atom stereocenters. The molecule has 4 heteroatoms. The molecule has 126 valence electrons. The molecule has 1 fully saturated rings. The maximum Gasteiger partial charge on any atom is 0.147 e. The first-order valence-electron chi connectivity index (χ1n) is 9.05. The van der Waals surface area contributed by atoms with Crippen LogP contribution in [-0.4, -0.2) is 36.1 Å². The van der Waals surface area contributed by atoms with Crippen molar-refractivity contribution in [2.45, 2.75) is 22.6 Å². The third-order valence-electron chi connectivity index (χ3n) is 5.14. The molecule has 2 aliphatic heterocycles. The quantitative estimate of drug-likeness (QED) is 0.668. The molecule has 0 N–H and O–H groups in total. The molecule has 2 aromatic carbocycles. The van der Waals surface area contributed by atoms with Crippen LogP contribution >= 0.6 is 11.8 Å². The van der Waals surface area contributed by atoms with Crippen molar-refractivity contribution in [3.8, 4) is 0 Å². The van der Waals surface area contributed by atoms with Gasteiger partial charge in [0.25, 0.3) is 0 Å². The topological polar surface area (TPSA) is 19.4 Å². The molecular formula is C21H21N3S. The van der Waals surface area contributed by atoms with Crippen molar-refractivity contribution in [3.63, 3.8) is 0 Å². The monoisotopic (exact) mass is 347 g/mol. The lowest BCUT2D eigenvalue weighted by atomic mass is 10.2. The Balaban J connectivity index is 1.57. The fraction of sp³-hybridized carbons (Fsp3) is 0.286. The van der Waals surface area contributed by atoms with Crippen LogP contribution in [0.15, 0.2) is 64.4 Å². The van der Waals surface area contributed by atoms with Crippen molar-refractivity contribution >= 4 is 34.2 Å². The van der Waals surface area contributed by atoms with Gasteiger partial charge < -0.3 is 9.80 Å². The molecular weight excluding hydrogens is 326 g/mol. The Morgan fingerprint density at radius 1 is 0.880 bits per heavy atom.